The molecule has 0 radical (unpaired) electrons. The number of nitrogens with zero attached hydrogens (tertiary/aromatic N) is 1. The topological polar surface area (TPSA) is 32.3 Å². The van der Waals surface area contributed by atoms with Crippen LogP contribution in [0, 0.1) is 5.92 Å². The molecule has 1 aliphatic heterocycles. The van der Waals surface area contributed by atoms with Crippen LogP contribution in [0.15, 0.2) is 30.3 Å². The van der Waals surface area contributed by atoms with Crippen LogP contribution in [0.5, 0.6) is 0 Å². The number of hydrogen-bond acceptors (Lipinski definition) is 2. The van der Waals surface area contributed by atoms with Crippen molar-refractivity contribution in [3.63, 3.8) is 0 Å². The Morgan fingerprint density at radius 1 is 1.26 bits per heavy atom. The standard InChI is InChI=1S/C15H22N2O.ClH/c1-2-17(12-13-6-4-3-5-7-13)15(18)14-8-10-16-11-9-14;/h3-7,14,16H,2,8-12H2,1H3;1H. The van der Waals surface area contributed by atoms with E-state index >= 15 is 0 Å². The molecule has 0 saturated carbocycles. The van der Waals surface area contributed by atoms with Gasteiger partial charge in [0.25, 0.3) is 0 Å². The fourth-order valence-corrected chi connectivity index (χ4v) is 2.48. The Labute approximate surface area is 121 Å². The zero-order valence-electron chi connectivity index (χ0n) is 11.5. The molecule has 1 saturated heterocycles. The lowest BCUT2D eigenvalue weighted by Crippen LogP contribution is -2.40. The molecular formula is C15H23ClN2O. The highest BCUT2D eigenvalue weighted by Gasteiger charge is 2.24. The van der Waals surface area contributed by atoms with Crippen LogP contribution in [0.25, 0.3) is 0 Å². The maximum atomic E-state index is 12.4. The minimum absolute atomic E-state index is 0. The molecule has 4 heteroatoms. The molecule has 2 rings (SSSR count). The van der Waals surface area contributed by atoms with Crippen molar-refractivity contribution in [3.8, 4) is 0 Å². The third-order valence-corrected chi connectivity index (χ3v) is 3.60. The Hall–Kier alpha value is -1.06. The predicted octanol–water partition coefficient (Wildman–Crippen LogP) is 2.46. The Kier molecular flexibility index (Phi) is 6.89. The van der Waals surface area contributed by atoms with Crippen LogP contribution >= 0.6 is 12.4 Å². The second-order valence-corrected chi connectivity index (χ2v) is 4.86. The Morgan fingerprint density at radius 2 is 1.89 bits per heavy atom. The molecule has 3 nitrogen and oxygen atoms in total. The first-order chi connectivity index (χ1) is 8.81. The van der Waals surface area contributed by atoms with Crippen molar-refractivity contribution < 1.29 is 4.79 Å². The van der Waals surface area contributed by atoms with E-state index in [2.05, 4.69) is 24.4 Å². The SMILES string of the molecule is CCN(Cc1ccccc1)C(=O)C1CCNCC1.Cl. The largest absolute Gasteiger partial charge is 0.338 e. The molecule has 106 valence electrons. The maximum Gasteiger partial charge on any atom is 0.226 e. The van der Waals surface area contributed by atoms with Gasteiger partial charge in [0.2, 0.25) is 5.91 Å². The van der Waals surface area contributed by atoms with Crippen molar-refractivity contribution in [1.29, 1.82) is 0 Å². The summed E-state index contributed by atoms with van der Waals surface area (Å²) in [4.78, 5) is 14.4. The molecular weight excluding hydrogens is 260 g/mol. The average molecular weight is 283 g/mol. The highest BCUT2D eigenvalue weighted by molar-refractivity contribution is 5.85. The average Bonchev–Trinajstić information content (AvgIpc) is 2.46. The highest BCUT2D eigenvalue weighted by Crippen LogP contribution is 2.16. The first-order valence-corrected chi connectivity index (χ1v) is 6.84. The summed E-state index contributed by atoms with van der Waals surface area (Å²) in [5, 5.41) is 3.31. The third kappa shape index (κ3) is 4.51. The Morgan fingerprint density at radius 3 is 2.47 bits per heavy atom. The third-order valence-electron chi connectivity index (χ3n) is 3.60. The number of carbonyl (C=O) groups is 1. The summed E-state index contributed by atoms with van der Waals surface area (Å²) in [7, 11) is 0. The van der Waals surface area contributed by atoms with Gasteiger partial charge in [0.05, 0.1) is 0 Å². The molecule has 19 heavy (non-hydrogen) atoms. The molecule has 0 unspecified atom stereocenters. The number of carbonyl (C=O) groups excluding carboxylic acids is 1. The van der Waals surface area contributed by atoms with E-state index in [1.54, 1.807) is 0 Å². The van der Waals surface area contributed by atoms with Crippen molar-refractivity contribution >= 4 is 18.3 Å². The quantitative estimate of drug-likeness (QED) is 0.920. The molecule has 0 bridgehead atoms. The van der Waals surface area contributed by atoms with E-state index in [0.717, 1.165) is 39.0 Å². The molecule has 0 aromatic heterocycles. The number of halogens is 1. The van der Waals surface area contributed by atoms with Crippen molar-refractivity contribution in [2.24, 2.45) is 5.92 Å². The van der Waals surface area contributed by atoms with Crippen LogP contribution in [0.1, 0.15) is 25.3 Å². The van der Waals surface area contributed by atoms with E-state index in [1.165, 1.54) is 5.56 Å². The normalized spacial score (nSPS) is 15.6. The molecule has 0 aliphatic carbocycles. The summed E-state index contributed by atoms with van der Waals surface area (Å²) in [5.74, 6) is 0.540. The lowest BCUT2D eigenvalue weighted by Gasteiger charge is -2.29. The van der Waals surface area contributed by atoms with Crippen LogP contribution in [0.4, 0.5) is 0 Å². The number of hydrogen-bond donors (Lipinski definition) is 1. The zero-order valence-corrected chi connectivity index (χ0v) is 12.3. The molecule has 1 aliphatic rings. The first kappa shape index (κ1) is 16.0. The van der Waals surface area contributed by atoms with Crippen LogP contribution in [-0.4, -0.2) is 30.4 Å². The number of benzene rings is 1. The van der Waals surface area contributed by atoms with E-state index in [4.69, 9.17) is 0 Å². The summed E-state index contributed by atoms with van der Waals surface area (Å²) in [6.45, 7) is 5.53. The number of nitrogens with one attached hydrogen (secondary N) is 1. The smallest absolute Gasteiger partial charge is 0.226 e. The van der Waals surface area contributed by atoms with Crippen LogP contribution in [0.2, 0.25) is 0 Å². The summed E-state index contributed by atoms with van der Waals surface area (Å²) in [5.41, 5.74) is 1.21. The first-order valence-electron chi connectivity index (χ1n) is 6.84. The van der Waals surface area contributed by atoms with Crippen LogP contribution < -0.4 is 5.32 Å². The zero-order chi connectivity index (χ0) is 12.8. The summed E-state index contributed by atoms with van der Waals surface area (Å²) >= 11 is 0. The van der Waals surface area contributed by atoms with Crippen molar-refractivity contribution in [1.82, 2.24) is 10.2 Å². The van der Waals surface area contributed by atoms with Gasteiger partial charge >= 0.3 is 0 Å². The van der Waals surface area contributed by atoms with Crippen molar-refractivity contribution in [2.75, 3.05) is 19.6 Å². The van der Waals surface area contributed by atoms with Crippen molar-refractivity contribution in [3.05, 3.63) is 35.9 Å². The molecule has 1 aromatic rings. The summed E-state index contributed by atoms with van der Waals surface area (Å²) in [6, 6.07) is 10.2. The van der Waals surface area contributed by atoms with Gasteiger partial charge in [-0.25, -0.2) is 0 Å². The number of amides is 1. The van der Waals surface area contributed by atoms with Gasteiger partial charge < -0.3 is 10.2 Å². The van der Waals surface area contributed by atoms with Gasteiger partial charge in [-0.15, -0.1) is 12.4 Å². The molecule has 1 N–H and O–H groups in total. The van der Waals surface area contributed by atoms with Gasteiger partial charge in [-0.2, -0.15) is 0 Å². The summed E-state index contributed by atoms with van der Waals surface area (Å²) < 4.78 is 0. The molecule has 1 amide bonds. The summed E-state index contributed by atoms with van der Waals surface area (Å²) in [6.07, 6.45) is 1.95. The van der Waals surface area contributed by atoms with E-state index in [1.807, 2.05) is 23.1 Å². The lowest BCUT2D eigenvalue weighted by atomic mass is 9.96. The fraction of sp³-hybridized carbons (Fsp3) is 0.533. The molecule has 0 atom stereocenters. The molecule has 1 aromatic carbocycles. The lowest BCUT2D eigenvalue weighted by molar-refractivity contribution is -0.136. The monoisotopic (exact) mass is 282 g/mol. The minimum atomic E-state index is 0. The van der Waals surface area contributed by atoms with E-state index in [0.29, 0.717) is 5.91 Å². The second-order valence-electron chi connectivity index (χ2n) is 4.86. The van der Waals surface area contributed by atoms with Gasteiger partial charge in [0, 0.05) is 19.0 Å². The van der Waals surface area contributed by atoms with Crippen molar-refractivity contribution in [2.45, 2.75) is 26.3 Å². The molecule has 0 spiro atoms. The van der Waals surface area contributed by atoms with Crippen LogP contribution in [0.3, 0.4) is 0 Å². The fourth-order valence-electron chi connectivity index (χ4n) is 2.48. The van der Waals surface area contributed by atoms with Gasteiger partial charge in [0.15, 0.2) is 0 Å². The van der Waals surface area contributed by atoms with E-state index in [9.17, 15) is 4.79 Å². The number of piperidine rings is 1. The maximum absolute atomic E-state index is 12.4. The second kappa shape index (κ2) is 8.18. The highest BCUT2D eigenvalue weighted by atomic mass is 35.5. The van der Waals surface area contributed by atoms with Gasteiger partial charge in [-0.05, 0) is 38.4 Å². The molecule has 1 fully saturated rings. The van der Waals surface area contributed by atoms with Gasteiger partial charge in [0.1, 0.15) is 0 Å². The van der Waals surface area contributed by atoms with E-state index < -0.39 is 0 Å². The van der Waals surface area contributed by atoms with Gasteiger partial charge in [-0.3, -0.25) is 4.79 Å². The number of rotatable bonds is 4. The van der Waals surface area contributed by atoms with E-state index in [-0.39, 0.29) is 18.3 Å². The molecule has 1 heterocycles. The Bertz CT molecular complexity index is 377. The van der Waals surface area contributed by atoms with Crippen LogP contribution in [-0.2, 0) is 11.3 Å². The predicted molar refractivity (Wildman–Crippen MR) is 80.4 cm³/mol. The minimum Gasteiger partial charge on any atom is -0.338 e. The Balaban J connectivity index is 0.00000180. The van der Waals surface area contributed by atoms with Gasteiger partial charge in [-0.1, -0.05) is 30.3 Å².